The summed E-state index contributed by atoms with van der Waals surface area (Å²) in [5.41, 5.74) is 3.61. The molecule has 0 bridgehead atoms. The van der Waals surface area contributed by atoms with E-state index in [4.69, 9.17) is 4.98 Å². The summed E-state index contributed by atoms with van der Waals surface area (Å²) >= 11 is 0. The Morgan fingerprint density at radius 3 is 2.32 bits per heavy atom. The zero-order valence-electron chi connectivity index (χ0n) is 15.8. The van der Waals surface area contributed by atoms with Gasteiger partial charge < -0.3 is 0 Å². The second kappa shape index (κ2) is 5.52. The van der Waals surface area contributed by atoms with Crippen LogP contribution in [0.4, 0.5) is 0 Å². The molecular weight excluding hydrogens is 370 g/mol. The lowest BCUT2D eigenvalue weighted by Crippen LogP contribution is -2.22. The van der Waals surface area contributed by atoms with Crippen LogP contribution in [0, 0.1) is 0 Å². The van der Waals surface area contributed by atoms with Crippen molar-refractivity contribution in [1.29, 1.82) is 0 Å². The van der Waals surface area contributed by atoms with Crippen LogP contribution in [-0.4, -0.2) is 23.0 Å². The average Bonchev–Trinajstić information content (AvgIpc) is 3.08. The second-order valence-corrected chi connectivity index (χ2v) is 9.92. The smallest absolute Gasteiger partial charge is 0.210 e. The fourth-order valence-electron chi connectivity index (χ4n) is 3.86. The van der Waals surface area contributed by atoms with Crippen LogP contribution in [0.2, 0.25) is 0 Å². The van der Waals surface area contributed by atoms with Crippen molar-refractivity contribution in [1.82, 2.24) is 14.5 Å². The van der Waals surface area contributed by atoms with Gasteiger partial charge >= 0.3 is 0 Å². The van der Waals surface area contributed by atoms with Crippen molar-refractivity contribution in [3.63, 3.8) is 0 Å². The molecule has 1 aliphatic rings. The molecule has 5 nitrogen and oxygen atoms in total. The van der Waals surface area contributed by atoms with Gasteiger partial charge in [0.2, 0.25) is 9.84 Å². The summed E-state index contributed by atoms with van der Waals surface area (Å²) in [4.78, 5) is 9.69. The van der Waals surface area contributed by atoms with Gasteiger partial charge in [0.15, 0.2) is 0 Å². The van der Waals surface area contributed by atoms with Gasteiger partial charge in [-0.3, -0.25) is 9.55 Å². The molecule has 0 aliphatic carbocycles. The van der Waals surface area contributed by atoms with Gasteiger partial charge in [0.25, 0.3) is 0 Å². The molecular formula is C22H19N3O2S. The van der Waals surface area contributed by atoms with Crippen molar-refractivity contribution in [2.24, 2.45) is 0 Å². The fraction of sp³-hybridized carbons (Fsp3) is 0.182. The zero-order valence-corrected chi connectivity index (χ0v) is 16.7. The molecule has 0 saturated carbocycles. The van der Waals surface area contributed by atoms with Crippen LogP contribution in [0.3, 0.4) is 0 Å². The van der Waals surface area contributed by atoms with E-state index in [0.29, 0.717) is 26.5 Å². The Morgan fingerprint density at radius 1 is 0.893 bits per heavy atom. The number of hydrogen-bond donors (Lipinski definition) is 0. The van der Waals surface area contributed by atoms with Crippen molar-refractivity contribution in [3.8, 4) is 16.8 Å². The first-order chi connectivity index (χ1) is 13.3. The Kier molecular flexibility index (Phi) is 3.37. The first-order valence-corrected chi connectivity index (χ1v) is 10.6. The predicted molar refractivity (Wildman–Crippen MR) is 108 cm³/mol. The third-order valence-corrected chi connectivity index (χ3v) is 6.95. The normalized spacial score (nSPS) is 14.8. The first kappa shape index (κ1) is 17.1. The fourth-order valence-corrected chi connectivity index (χ4v) is 5.48. The third kappa shape index (κ3) is 2.21. The molecule has 0 atom stereocenters. The van der Waals surface area contributed by atoms with E-state index >= 15 is 0 Å². The number of benzene rings is 2. The van der Waals surface area contributed by atoms with Crippen molar-refractivity contribution in [3.05, 3.63) is 66.7 Å². The van der Waals surface area contributed by atoms with Crippen LogP contribution >= 0.6 is 0 Å². The highest BCUT2D eigenvalue weighted by Gasteiger charge is 2.36. The molecule has 28 heavy (non-hydrogen) atoms. The highest BCUT2D eigenvalue weighted by Crippen LogP contribution is 2.44. The van der Waals surface area contributed by atoms with Gasteiger partial charge in [0, 0.05) is 23.4 Å². The molecule has 140 valence electrons. The van der Waals surface area contributed by atoms with Crippen LogP contribution in [0.15, 0.2) is 70.7 Å². The summed E-state index contributed by atoms with van der Waals surface area (Å²) in [6.07, 6.45) is 3.46. The number of para-hydroxylation sites is 1. The highest BCUT2D eigenvalue weighted by atomic mass is 32.2. The minimum absolute atomic E-state index is 0.264. The lowest BCUT2D eigenvalue weighted by molar-refractivity contribution is 0.535. The summed E-state index contributed by atoms with van der Waals surface area (Å²) in [7, 11) is -3.61. The Bertz CT molecular complexity index is 1350. The third-order valence-electron chi connectivity index (χ3n) is 5.11. The van der Waals surface area contributed by atoms with E-state index in [1.54, 1.807) is 30.6 Å². The second-order valence-electron chi connectivity index (χ2n) is 8.04. The van der Waals surface area contributed by atoms with Gasteiger partial charge in [-0.15, -0.1) is 0 Å². The largest absolute Gasteiger partial charge is 0.293 e. The molecule has 5 rings (SSSR count). The molecule has 0 spiro atoms. The summed E-state index contributed by atoms with van der Waals surface area (Å²) < 4.78 is 28.7. The number of nitrogens with zero attached hydrogens (tertiary/aromatic N) is 3. The maximum absolute atomic E-state index is 13.3. The molecule has 0 N–H and O–H groups in total. The molecule has 2 aromatic carbocycles. The van der Waals surface area contributed by atoms with Gasteiger partial charge in [-0.2, -0.15) is 0 Å². The number of fused-ring (bicyclic) bond motifs is 2. The summed E-state index contributed by atoms with van der Waals surface area (Å²) in [6, 6.07) is 14.5. The van der Waals surface area contributed by atoms with Gasteiger partial charge in [-0.25, -0.2) is 13.4 Å². The van der Waals surface area contributed by atoms with Crippen molar-refractivity contribution in [2.75, 3.05) is 0 Å². The van der Waals surface area contributed by atoms with Crippen LogP contribution in [-0.2, 0) is 15.3 Å². The van der Waals surface area contributed by atoms with Gasteiger partial charge in [0.1, 0.15) is 5.82 Å². The Labute approximate surface area is 163 Å². The monoisotopic (exact) mass is 389 g/mol. The number of sulfone groups is 1. The van der Waals surface area contributed by atoms with E-state index in [1.807, 2.05) is 34.9 Å². The molecule has 3 heterocycles. The molecule has 0 amide bonds. The van der Waals surface area contributed by atoms with E-state index < -0.39 is 9.84 Å². The van der Waals surface area contributed by atoms with Crippen LogP contribution < -0.4 is 0 Å². The average molecular weight is 389 g/mol. The molecule has 4 aromatic rings. The number of hydrogen-bond acceptors (Lipinski definition) is 4. The number of pyridine rings is 1. The molecule has 0 unspecified atom stereocenters. The van der Waals surface area contributed by atoms with Gasteiger partial charge in [0.05, 0.1) is 26.5 Å². The molecule has 1 aliphatic heterocycles. The highest BCUT2D eigenvalue weighted by molar-refractivity contribution is 7.92. The Balaban J connectivity index is 2.02. The maximum Gasteiger partial charge on any atom is 0.210 e. The number of aromatic nitrogens is 3. The van der Waals surface area contributed by atoms with E-state index in [0.717, 1.165) is 17.0 Å². The molecule has 0 fully saturated rings. The molecule has 0 saturated heterocycles. The van der Waals surface area contributed by atoms with Crippen molar-refractivity contribution >= 4 is 20.9 Å². The minimum Gasteiger partial charge on any atom is -0.293 e. The lowest BCUT2D eigenvalue weighted by atomic mass is 9.95. The van der Waals surface area contributed by atoms with Crippen LogP contribution in [0.25, 0.3) is 27.8 Å². The topological polar surface area (TPSA) is 64.8 Å². The van der Waals surface area contributed by atoms with E-state index in [9.17, 15) is 8.42 Å². The van der Waals surface area contributed by atoms with Crippen molar-refractivity contribution < 1.29 is 8.42 Å². The van der Waals surface area contributed by atoms with Gasteiger partial charge in [-0.1, -0.05) is 39.0 Å². The SMILES string of the molecule is CC(C)(C)c1nc2c(-c3ccncc3)ccc3c2n1-c1ccccc1S3(=O)=O. The Hall–Kier alpha value is -2.99. The Morgan fingerprint density at radius 2 is 1.61 bits per heavy atom. The van der Waals surface area contributed by atoms with Crippen molar-refractivity contribution in [2.45, 2.75) is 36.0 Å². The summed E-state index contributed by atoms with van der Waals surface area (Å²) in [6.45, 7) is 6.28. The number of imidazole rings is 1. The number of rotatable bonds is 1. The first-order valence-electron chi connectivity index (χ1n) is 9.11. The summed E-state index contributed by atoms with van der Waals surface area (Å²) in [5.74, 6) is 0.840. The molecule has 6 heteroatoms. The minimum atomic E-state index is -3.61. The zero-order chi connectivity index (χ0) is 19.7. The van der Waals surface area contributed by atoms with E-state index in [2.05, 4.69) is 25.8 Å². The quantitative estimate of drug-likeness (QED) is 0.422. The lowest BCUT2D eigenvalue weighted by Gasteiger charge is -2.25. The van der Waals surface area contributed by atoms with E-state index in [1.165, 1.54) is 0 Å². The standard InChI is InChI=1S/C22H19N3O2S/c1-22(2,3)21-24-19-15(14-10-12-23-13-11-14)8-9-18-20(19)25(21)16-6-4-5-7-17(16)28(18,26)27/h4-13H,1-3H3. The van der Waals surface area contributed by atoms with E-state index in [-0.39, 0.29) is 5.41 Å². The molecule has 0 radical (unpaired) electrons. The van der Waals surface area contributed by atoms with Crippen LogP contribution in [0.1, 0.15) is 26.6 Å². The molecule has 2 aromatic heterocycles. The van der Waals surface area contributed by atoms with Crippen LogP contribution in [0.5, 0.6) is 0 Å². The maximum atomic E-state index is 13.3. The predicted octanol–water partition coefficient (Wildman–Crippen LogP) is 4.53. The van der Waals surface area contributed by atoms with Gasteiger partial charge in [-0.05, 0) is 35.9 Å². The summed E-state index contributed by atoms with van der Waals surface area (Å²) in [5, 5.41) is 0.